The van der Waals surface area contributed by atoms with Crippen molar-refractivity contribution >= 4 is 5.97 Å². The molecule has 0 saturated heterocycles. The molecule has 1 aromatic heterocycles. The fraction of sp³-hybridized carbons (Fsp3) is 0.375. The van der Waals surface area contributed by atoms with E-state index in [2.05, 4.69) is 4.42 Å². The minimum Gasteiger partial charge on any atom is -0.478 e. The summed E-state index contributed by atoms with van der Waals surface area (Å²) in [7, 11) is 0. The number of halogens is 3. The Kier molecular flexibility index (Phi) is 2.52. The highest BCUT2D eigenvalue weighted by molar-refractivity contribution is 5.79. The first-order valence-corrected chi connectivity index (χ1v) is 3.79. The molecule has 1 atom stereocenters. The topological polar surface area (TPSA) is 70.7 Å². The van der Waals surface area contributed by atoms with Crippen LogP contribution in [0.2, 0.25) is 0 Å². The third-order valence-corrected chi connectivity index (χ3v) is 1.82. The number of aliphatic carboxylic acids is 1. The third kappa shape index (κ3) is 1.70. The zero-order chi connectivity index (χ0) is 11.9. The second-order valence-electron chi connectivity index (χ2n) is 2.92. The molecule has 0 bridgehead atoms. The fourth-order valence-corrected chi connectivity index (χ4v) is 0.995. The zero-order valence-corrected chi connectivity index (χ0v) is 7.50. The summed E-state index contributed by atoms with van der Waals surface area (Å²) in [5, 5.41) is 17.5. The molecule has 15 heavy (non-hydrogen) atoms. The number of carboxylic acid groups (broad SMARTS) is 1. The Balaban J connectivity index is 3.31. The van der Waals surface area contributed by atoms with Gasteiger partial charge in [0.2, 0.25) is 0 Å². The Hall–Kier alpha value is -1.50. The maximum atomic E-state index is 12.4. The highest BCUT2D eigenvalue weighted by Crippen LogP contribution is 2.39. The molecule has 1 heterocycles. The van der Waals surface area contributed by atoms with Crippen LogP contribution in [0.5, 0.6) is 0 Å². The molecule has 0 aliphatic heterocycles. The number of aryl methyl sites for hydroxylation is 1. The predicted molar refractivity (Wildman–Crippen MR) is 41.0 cm³/mol. The van der Waals surface area contributed by atoms with Gasteiger partial charge in [-0.1, -0.05) is 0 Å². The highest BCUT2D eigenvalue weighted by atomic mass is 19.4. The Labute approximate surface area is 81.9 Å². The minimum atomic E-state index is -5.34. The number of carboxylic acids is 1. The molecule has 7 heteroatoms. The quantitative estimate of drug-likeness (QED) is 0.796. The lowest BCUT2D eigenvalue weighted by molar-refractivity contribution is -0.270. The molecule has 0 saturated carbocycles. The lowest BCUT2D eigenvalue weighted by Crippen LogP contribution is -2.48. The SMILES string of the molecule is Cc1ccc(C(O)(C(=O)O)C(F)(F)F)o1. The van der Waals surface area contributed by atoms with Gasteiger partial charge in [0.25, 0.3) is 0 Å². The molecule has 0 radical (unpaired) electrons. The summed E-state index contributed by atoms with van der Waals surface area (Å²) in [6.45, 7) is 1.34. The van der Waals surface area contributed by atoms with Gasteiger partial charge in [0, 0.05) is 0 Å². The van der Waals surface area contributed by atoms with Crippen molar-refractivity contribution in [3.05, 3.63) is 23.7 Å². The number of rotatable bonds is 2. The van der Waals surface area contributed by atoms with Crippen molar-refractivity contribution in [3.8, 4) is 0 Å². The smallest absolute Gasteiger partial charge is 0.435 e. The molecular formula is C8H7F3O4. The molecule has 2 N–H and O–H groups in total. The molecule has 0 aromatic carbocycles. The van der Waals surface area contributed by atoms with Crippen LogP contribution in [0, 0.1) is 6.92 Å². The second kappa shape index (κ2) is 3.27. The molecule has 1 unspecified atom stereocenters. The van der Waals surface area contributed by atoms with Crippen molar-refractivity contribution in [2.75, 3.05) is 0 Å². The van der Waals surface area contributed by atoms with Gasteiger partial charge in [-0.3, -0.25) is 0 Å². The zero-order valence-electron chi connectivity index (χ0n) is 7.50. The van der Waals surface area contributed by atoms with E-state index in [1.807, 2.05) is 0 Å². The first-order valence-electron chi connectivity index (χ1n) is 3.79. The summed E-state index contributed by atoms with van der Waals surface area (Å²) in [6, 6.07) is 1.91. The summed E-state index contributed by atoms with van der Waals surface area (Å²) < 4.78 is 41.6. The second-order valence-corrected chi connectivity index (χ2v) is 2.92. The van der Waals surface area contributed by atoms with Gasteiger partial charge in [0.1, 0.15) is 5.76 Å². The lowest BCUT2D eigenvalue weighted by atomic mass is 10.0. The van der Waals surface area contributed by atoms with Crippen LogP contribution in [0.25, 0.3) is 0 Å². The van der Waals surface area contributed by atoms with Crippen LogP contribution in [0.3, 0.4) is 0 Å². The van der Waals surface area contributed by atoms with E-state index in [-0.39, 0.29) is 5.76 Å². The van der Waals surface area contributed by atoms with Gasteiger partial charge in [-0.15, -0.1) is 0 Å². The van der Waals surface area contributed by atoms with Crippen LogP contribution in [0.1, 0.15) is 11.5 Å². The van der Waals surface area contributed by atoms with Crippen LogP contribution in [-0.4, -0.2) is 22.4 Å². The van der Waals surface area contributed by atoms with E-state index in [0.717, 1.165) is 12.1 Å². The predicted octanol–water partition coefficient (Wildman–Crippen LogP) is 1.42. The van der Waals surface area contributed by atoms with Crippen molar-refractivity contribution in [1.82, 2.24) is 0 Å². The first-order chi connectivity index (χ1) is 6.69. The van der Waals surface area contributed by atoms with Crippen molar-refractivity contribution in [2.24, 2.45) is 0 Å². The van der Waals surface area contributed by atoms with E-state index in [9.17, 15) is 18.0 Å². The van der Waals surface area contributed by atoms with Crippen molar-refractivity contribution < 1.29 is 32.6 Å². The van der Waals surface area contributed by atoms with Gasteiger partial charge >= 0.3 is 17.7 Å². The largest absolute Gasteiger partial charge is 0.478 e. The van der Waals surface area contributed by atoms with E-state index in [1.165, 1.54) is 6.92 Å². The van der Waals surface area contributed by atoms with Gasteiger partial charge in [-0.2, -0.15) is 13.2 Å². The molecular weight excluding hydrogens is 217 g/mol. The number of alkyl halides is 3. The summed E-state index contributed by atoms with van der Waals surface area (Å²) in [6.07, 6.45) is -5.34. The van der Waals surface area contributed by atoms with Crippen molar-refractivity contribution in [2.45, 2.75) is 18.7 Å². The molecule has 4 nitrogen and oxygen atoms in total. The molecule has 0 fully saturated rings. The van der Waals surface area contributed by atoms with E-state index in [4.69, 9.17) is 10.2 Å². The molecule has 1 aromatic rings. The fourth-order valence-electron chi connectivity index (χ4n) is 0.995. The van der Waals surface area contributed by atoms with Crippen LogP contribution in [0.15, 0.2) is 16.5 Å². The van der Waals surface area contributed by atoms with E-state index in [0.29, 0.717) is 0 Å². The van der Waals surface area contributed by atoms with E-state index >= 15 is 0 Å². The first kappa shape index (κ1) is 11.6. The number of hydrogen-bond acceptors (Lipinski definition) is 3. The third-order valence-electron chi connectivity index (χ3n) is 1.82. The molecule has 0 aliphatic rings. The number of furan rings is 1. The standard InChI is InChI=1S/C8H7F3O4/c1-4-2-3-5(15-4)7(14,6(12)13)8(9,10)11/h2-3,14H,1H3,(H,12,13). The van der Waals surface area contributed by atoms with Gasteiger partial charge in [0.05, 0.1) is 0 Å². The summed E-state index contributed by atoms with van der Waals surface area (Å²) in [5.74, 6) is -3.40. The normalized spacial score (nSPS) is 16.1. The molecule has 0 amide bonds. The summed E-state index contributed by atoms with van der Waals surface area (Å²) in [4.78, 5) is 10.4. The molecule has 1 rings (SSSR count). The Morgan fingerprint density at radius 1 is 1.40 bits per heavy atom. The average Bonchev–Trinajstić information content (AvgIpc) is 2.48. The maximum absolute atomic E-state index is 12.4. The van der Waals surface area contributed by atoms with Crippen LogP contribution in [-0.2, 0) is 10.4 Å². The van der Waals surface area contributed by atoms with Crippen LogP contribution in [0.4, 0.5) is 13.2 Å². The molecule has 84 valence electrons. The van der Waals surface area contributed by atoms with Gasteiger partial charge in [0.15, 0.2) is 5.76 Å². The average molecular weight is 224 g/mol. The molecule has 0 spiro atoms. The Morgan fingerprint density at radius 2 is 1.93 bits per heavy atom. The summed E-state index contributed by atoms with van der Waals surface area (Å²) in [5.41, 5.74) is -4.00. The van der Waals surface area contributed by atoms with Crippen molar-refractivity contribution in [1.29, 1.82) is 0 Å². The van der Waals surface area contributed by atoms with Gasteiger partial charge in [-0.25, -0.2) is 4.79 Å². The Bertz CT molecular complexity index is 381. The number of hydrogen-bond donors (Lipinski definition) is 2. The lowest BCUT2D eigenvalue weighted by Gasteiger charge is -2.23. The summed E-state index contributed by atoms with van der Waals surface area (Å²) >= 11 is 0. The number of aliphatic hydroxyl groups is 1. The van der Waals surface area contributed by atoms with Gasteiger partial charge in [-0.05, 0) is 19.1 Å². The van der Waals surface area contributed by atoms with E-state index in [1.54, 1.807) is 0 Å². The molecule has 0 aliphatic carbocycles. The van der Waals surface area contributed by atoms with Crippen LogP contribution < -0.4 is 0 Å². The maximum Gasteiger partial charge on any atom is 0.435 e. The Morgan fingerprint density at radius 3 is 2.20 bits per heavy atom. The van der Waals surface area contributed by atoms with E-state index < -0.39 is 23.5 Å². The minimum absolute atomic E-state index is 0.0777. The monoisotopic (exact) mass is 224 g/mol. The highest BCUT2D eigenvalue weighted by Gasteiger charge is 2.63. The van der Waals surface area contributed by atoms with Crippen molar-refractivity contribution in [3.63, 3.8) is 0 Å². The van der Waals surface area contributed by atoms with Crippen LogP contribution >= 0.6 is 0 Å². The van der Waals surface area contributed by atoms with Gasteiger partial charge < -0.3 is 14.6 Å². The number of carbonyl (C=O) groups is 1.